The lowest BCUT2D eigenvalue weighted by atomic mass is 11.0. The first-order valence-electron chi connectivity index (χ1n) is 1.84. The van der Waals surface area contributed by atoms with Crippen LogP contribution in [0.1, 0.15) is 6.92 Å². The third-order valence-corrected chi connectivity index (χ3v) is 0.118. The molecule has 0 aromatic carbocycles. The molecule has 0 saturated heterocycles. The third-order valence-electron chi connectivity index (χ3n) is 0.118. The van der Waals surface area contributed by atoms with Crippen molar-refractivity contribution in [2.24, 2.45) is 0 Å². The molecule has 0 atom stereocenters. The van der Waals surface area contributed by atoms with E-state index in [-0.39, 0.29) is 0 Å². The Morgan fingerprint density at radius 1 is 1.43 bits per heavy atom. The van der Waals surface area contributed by atoms with Crippen molar-refractivity contribution < 1.29 is 9.59 Å². The zero-order valence-electron chi connectivity index (χ0n) is 4.47. The SMILES string of the molecule is CC=O.CNC=O. The Morgan fingerprint density at radius 3 is 1.57 bits per heavy atom. The van der Waals surface area contributed by atoms with Gasteiger partial charge in [-0.1, -0.05) is 0 Å². The fourth-order valence-corrected chi connectivity index (χ4v) is 0. The van der Waals surface area contributed by atoms with Crippen molar-refractivity contribution in [1.29, 1.82) is 0 Å². The molecule has 0 saturated carbocycles. The molecule has 0 rings (SSSR count). The third kappa shape index (κ3) is 2590. The number of carbonyl (C=O) groups excluding carboxylic acids is 2. The second kappa shape index (κ2) is 19.2. The standard InChI is InChI=1S/C2H5NO.C2H4O/c1-3-2-4;1-2-3/h2H,1H3,(H,3,4);2H,1H3. The van der Waals surface area contributed by atoms with Crippen LogP contribution < -0.4 is 5.32 Å². The van der Waals surface area contributed by atoms with Gasteiger partial charge in [0.05, 0.1) is 0 Å². The van der Waals surface area contributed by atoms with Gasteiger partial charge in [-0.05, 0) is 6.92 Å². The lowest BCUT2D eigenvalue weighted by Crippen LogP contribution is -1.98. The van der Waals surface area contributed by atoms with E-state index in [4.69, 9.17) is 9.59 Å². The van der Waals surface area contributed by atoms with Gasteiger partial charge in [0.25, 0.3) is 0 Å². The molecule has 0 heterocycles. The molecule has 0 aromatic heterocycles. The Kier molecular flexibility index (Phi) is 26.0. The van der Waals surface area contributed by atoms with Gasteiger partial charge in [-0.15, -0.1) is 0 Å². The molecule has 0 aliphatic carbocycles. The Hall–Kier alpha value is -0.860. The van der Waals surface area contributed by atoms with Gasteiger partial charge >= 0.3 is 0 Å². The molecule has 0 radical (unpaired) electrons. The van der Waals surface area contributed by atoms with Crippen LogP contribution in [0.15, 0.2) is 0 Å². The van der Waals surface area contributed by atoms with E-state index in [2.05, 4.69) is 5.32 Å². The minimum absolute atomic E-state index is 0.625. The van der Waals surface area contributed by atoms with Crippen LogP contribution >= 0.6 is 0 Å². The topological polar surface area (TPSA) is 46.2 Å². The molecule has 0 spiro atoms. The van der Waals surface area contributed by atoms with Crippen molar-refractivity contribution in [3.63, 3.8) is 0 Å². The van der Waals surface area contributed by atoms with Crippen LogP contribution in [-0.2, 0) is 9.59 Å². The van der Waals surface area contributed by atoms with Gasteiger partial charge in [0.15, 0.2) is 0 Å². The lowest BCUT2D eigenvalue weighted by Gasteiger charge is -1.64. The molecule has 0 aliphatic rings. The van der Waals surface area contributed by atoms with E-state index in [0.717, 1.165) is 6.29 Å². The highest BCUT2D eigenvalue weighted by Crippen LogP contribution is 1.13. The van der Waals surface area contributed by atoms with Crippen molar-refractivity contribution in [2.45, 2.75) is 6.92 Å². The molecule has 0 bridgehead atoms. The maximum Gasteiger partial charge on any atom is 0.206 e. The summed E-state index contributed by atoms with van der Waals surface area (Å²) in [6.45, 7) is 1.44. The fourth-order valence-electron chi connectivity index (χ4n) is 0. The summed E-state index contributed by atoms with van der Waals surface area (Å²) in [5.41, 5.74) is 0. The second-order valence-corrected chi connectivity index (χ2v) is 0.642. The number of aldehydes is 1. The van der Waals surface area contributed by atoms with Crippen LogP contribution in [0, 0.1) is 0 Å². The first-order valence-corrected chi connectivity index (χ1v) is 1.84. The summed E-state index contributed by atoms with van der Waals surface area (Å²) in [6.07, 6.45) is 1.38. The van der Waals surface area contributed by atoms with Gasteiger partial charge in [-0.25, -0.2) is 0 Å². The summed E-state index contributed by atoms with van der Waals surface area (Å²) < 4.78 is 0. The Morgan fingerprint density at radius 2 is 1.57 bits per heavy atom. The predicted octanol–water partition coefficient (Wildman–Crippen LogP) is -0.433. The van der Waals surface area contributed by atoms with E-state index in [1.165, 1.54) is 6.92 Å². The largest absolute Gasteiger partial charge is 0.362 e. The van der Waals surface area contributed by atoms with E-state index in [0.29, 0.717) is 6.41 Å². The number of carbonyl (C=O) groups is 2. The first-order chi connectivity index (χ1) is 3.33. The average Bonchev–Trinajstić information content (AvgIpc) is 1.69. The van der Waals surface area contributed by atoms with E-state index in [1.54, 1.807) is 7.05 Å². The molecule has 1 amide bonds. The molecular formula is C4H9NO2. The van der Waals surface area contributed by atoms with Crippen LogP contribution in [0.25, 0.3) is 0 Å². The molecule has 7 heavy (non-hydrogen) atoms. The first kappa shape index (κ1) is 9.46. The summed E-state index contributed by atoms with van der Waals surface area (Å²) in [5.74, 6) is 0. The van der Waals surface area contributed by atoms with Crippen molar-refractivity contribution in [3.05, 3.63) is 0 Å². The normalized spacial score (nSPS) is 4.86. The second-order valence-electron chi connectivity index (χ2n) is 0.642. The summed E-state index contributed by atoms with van der Waals surface area (Å²) >= 11 is 0. The number of nitrogens with one attached hydrogen (secondary N) is 1. The molecule has 0 aliphatic heterocycles. The maximum absolute atomic E-state index is 9.06. The van der Waals surface area contributed by atoms with Crippen molar-refractivity contribution >= 4 is 12.7 Å². The summed E-state index contributed by atoms with van der Waals surface area (Å²) in [4.78, 5) is 17.9. The molecule has 0 fully saturated rings. The molecule has 3 heteroatoms. The van der Waals surface area contributed by atoms with E-state index >= 15 is 0 Å². The van der Waals surface area contributed by atoms with Crippen LogP contribution in [-0.4, -0.2) is 19.7 Å². The van der Waals surface area contributed by atoms with Crippen molar-refractivity contribution in [2.75, 3.05) is 7.05 Å². The number of hydrogen-bond acceptors (Lipinski definition) is 2. The zero-order valence-corrected chi connectivity index (χ0v) is 4.47. The maximum atomic E-state index is 9.06. The number of rotatable bonds is 1. The van der Waals surface area contributed by atoms with Gasteiger partial charge in [0.2, 0.25) is 6.41 Å². The molecule has 42 valence electrons. The lowest BCUT2D eigenvalue weighted by molar-refractivity contribution is -0.109. The smallest absolute Gasteiger partial charge is 0.206 e. The van der Waals surface area contributed by atoms with Gasteiger partial charge in [-0.3, -0.25) is 4.79 Å². The quantitative estimate of drug-likeness (QED) is 0.457. The molecule has 1 N–H and O–H groups in total. The van der Waals surface area contributed by atoms with Crippen molar-refractivity contribution in [1.82, 2.24) is 5.32 Å². The Bertz CT molecular complexity index is 45.0. The van der Waals surface area contributed by atoms with Gasteiger partial charge in [0, 0.05) is 7.05 Å². The molecular weight excluding hydrogens is 94.0 g/mol. The summed E-state index contributed by atoms with van der Waals surface area (Å²) in [5, 5.41) is 2.25. The monoisotopic (exact) mass is 103 g/mol. The fraction of sp³-hybridized carbons (Fsp3) is 0.500. The average molecular weight is 103 g/mol. The van der Waals surface area contributed by atoms with E-state index in [9.17, 15) is 0 Å². The zero-order chi connectivity index (χ0) is 6.12. The predicted molar refractivity (Wildman–Crippen MR) is 26.9 cm³/mol. The van der Waals surface area contributed by atoms with Gasteiger partial charge in [0.1, 0.15) is 6.29 Å². The van der Waals surface area contributed by atoms with Crippen LogP contribution in [0.4, 0.5) is 0 Å². The minimum atomic E-state index is 0.625. The summed E-state index contributed by atoms with van der Waals surface area (Å²) in [6, 6.07) is 0. The van der Waals surface area contributed by atoms with Crippen molar-refractivity contribution in [3.8, 4) is 0 Å². The van der Waals surface area contributed by atoms with Gasteiger partial charge in [-0.2, -0.15) is 0 Å². The number of amides is 1. The van der Waals surface area contributed by atoms with Crippen LogP contribution in [0.5, 0.6) is 0 Å². The number of hydrogen-bond donors (Lipinski definition) is 1. The summed E-state index contributed by atoms with van der Waals surface area (Å²) in [7, 11) is 1.56. The van der Waals surface area contributed by atoms with Crippen LogP contribution in [0.2, 0.25) is 0 Å². The van der Waals surface area contributed by atoms with E-state index < -0.39 is 0 Å². The molecule has 0 unspecified atom stereocenters. The minimum Gasteiger partial charge on any atom is -0.362 e. The van der Waals surface area contributed by atoms with E-state index in [1.807, 2.05) is 0 Å². The highest BCUT2D eigenvalue weighted by Gasteiger charge is 1.43. The highest BCUT2D eigenvalue weighted by atomic mass is 16.1. The molecule has 0 aromatic rings. The van der Waals surface area contributed by atoms with Crippen LogP contribution in [0.3, 0.4) is 0 Å². The highest BCUT2D eigenvalue weighted by molar-refractivity contribution is 5.44. The van der Waals surface area contributed by atoms with Gasteiger partial charge < -0.3 is 10.1 Å². The Labute approximate surface area is 42.7 Å². The molecule has 3 nitrogen and oxygen atoms in total. The Balaban J connectivity index is 0.